The van der Waals surface area contributed by atoms with Crippen molar-refractivity contribution in [2.24, 2.45) is 4.99 Å². The summed E-state index contributed by atoms with van der Waals surface area (Å²) in [5.74, 6) is 1.48. The maximum Gasteiger partial charge on any atom is 0.573 e. The van der Waals surface area contributed by atoms with E-state index in [9.17, 15) is 18.0 Å². The minimum atomic E-state index is -4.75. The van der Waals surface area contributed by atoms with Crippen molar-refractivity contribution in [2.75, 3.05) is 7.11 Å². The minimum absolute atomic E-state index is 0.00812. The molecule has 250 valence electrons. The molecule has 0 radical (unpaired) electrons. The number of methoxy groups -OCH3 is 1. The van der Waals surface area contributed by atoms with E-state index in [2.05, 4.69) is 57.2 Å². The number of carbonyl (C=O) groups is 1. The summed E-state index contributed by atoms with van der Waals surface area (Å²) < 4.78 is 50.3. The van der Waals surface area contributed by atoms with Crippen LogP contribution in [0.1, 0.15) is 61.8 Å². The van der Waals surface area contributed by atoms with Crippen LogP contribution in [0.3, 0.4) is 0 Å². The van der Waals surface area contributed by atoms with Crippen LogP contribution in [0.25, 0.3) is 22.8 Å². The van der Waals surface area contributed by atoms with Gasteiger partial charge in [-0.1, -0.05) is 44.2 Å². The second kappa shape index (κ2) is 13.7. The first-order chi connectivity index (χ1) is 23.0. The highest BCUT2D eigenvalue weighted by atomic mass is 32.1. The predicted molar refractivity (Wildman–Crippen MR) is 177 cm³/mol. The van der Waals surface area contributed by atoms with Gasteiger partial charge in [0.25, 0.3) is 0 Å². The summed E-state index contributed by atoms with van der Waals surface area (Å²) in [6.07, 6.45) is -0.648. The maximum atomic E-state index is 13.1. The molecule has 13 heteroatoms. The van der Waals surface area contributed by atoms with Crippen molar-refractivity contribution in [3.8, 4) is 34.3 Å². The van der Waals surface area contributed by atoms with Crippen LogP contribution in [0.2, 0.25) is 0 Å². The van der Waals surface area contributed by atoms with Gasteiger partial charge in [-0.25, -0.2) is 14.5 Å². The van der Waals surface area contributed by atoms with Crippen LogP contribution in [0.15, 0.2) is 83.4 Å². The molecular weight excluding hydrogens is 641 g/mol. The van der Waals surface area contributed by atoms with E-state index in [1.54, 1.807) is 7.11 Å². The normalized spacial score (nSPS) is 16.8. The monoisotopic (exact) mass is 676 g/mol. The molecule has 1 aliphatic carbocycles. The Labute approximate surface area is 279 Å². The van der Waals surface area contributed by atoms with Crippen molar-refractivity contribution in [1.29, 1.82) is 0 Å². The first-order valence-corrected chi connectivity index (χ1v) is 16.4. The first-order valence-electron chi connectivity index (χ1n) is 15.6. The third-order valence-corrected chi connectivity index (χ3v) is 9.35. The Kier molecular flexibility index (Phi) is 9.40. The molecule has 1 N–H and O–H groups in total. The number of hydrogen-bond acceptors (Lipinski definition) is 6. The van der Waals surface area contributed by atoms with E-state index in [1.165, 1.54) is 46.6 Å². The van der Waals surface area contributed by atoms with Gasteiger partial charge in [-0.2, -0.15) is 4.99 Å². The van der Waals surface area contributed by atoms with E-state index in [-0.39, 0.29) is 29.7 Å². The molecule has 1 saturated carbocycles. The van der Waals surface area contributed by atoms with E-state index in [1.807, 2.05) is 41.1 Å². The van der Waals surface area contributed by atoms with Crippen molar-refractivity contribution >= 4 is 17.4 Å². The van der Waals surface area contributed by atoms with E-state index in [0.29, 0.717) is 16.3 Å². The summed E-state index contributed by atoms with van der Waals surface area (Å²) in [5.41, 5.74) is 5.61. The molecule has 0 saturated heterocycles. The lowest BCUT2D eigenvalue weighted by Crippen LogP contribution is -2.32. The number of urea groups is 1. The predicted octanol–water partition coefficient (Wildman–Crippen LogP) is 8.07. The van der Waals surface area contributed by atoms with Gasteiger partial charge in [0.1, 0.15) is 17.8 Å². The Hall–Kier alpha value is -4.91. The van der Waals surface area contributed by atoms with Crippen LogP contribution < -0.4 is 19.6 Å². The maximum absolute atomic E-state index is 13.1. The number of alkyl halides is 3. The number of hydrogen-bond donors (Lipinski definition) is 1. The van der Waals surface area contributed by atoms with Crippen molar-refractivity contribution in [3.05, 3.63) is 100 Å². The molecule has 2 aromatic heterocycles. The first kappa shape index (κ1) is 33.0. The fourth-order valence-electron chi connectivity index (χ4n) is 6.03. The topological polar surface area (TPSA) is 95.6 Å². The van der Waals surface area contributed by atoms with E-state index >= 15 is 0 Å². The summed E-state index contributed by atoms with van der Waals surface area (Å²) in [6, 6.07) is 19.1. The van der Waals surface area contributed by atoms with Gasteiger partial charge in [-0.15, -0.1) is 29.6 Å². The molecule has 3 aromatic carbocycles. The van der Waals surface area contributed by atoms with Gasteiger partial charge < -0.3 is 14.8 Å². The number of carbonyl (C=O) groups excluding carboxylic acids is 1. The summed E-state index contributed by atoms with van der Waals surface area (Å²) >= 11 is 1.43. The highest BCUT2D eigenvalue weighted by Gasteiger charge is 2.31. The second-order valence-electron chi connectivity index (χ2n) is 12.0. The molecule has 0 bridgehead atoms. The summed E-state index contributed by atoms with van der Waals surface area (Å²) in [7, 11) is 1.64. The molecular formula is C35H35F3N6O3S. The number of aromatic nitrogens is 4. The Morgan fingerprint density at radius 3 is 2.46 bits per heavy atom. The Morgan fingerprint density at radius 2 is 1.77 bits per heavy atom. The number of rotatable bonds is 8. The zero-order chi connectivity index (χ0) is 34.0. The zero-order valence-corrected chi connectivity index (χ0v) is 27.7. The smallest absolute Gasteiger partial charge is 0.497 e. The Morgan fingerprint density at radius 1 is 1.04 bits per heavy atom. The van der Waals surface area contributed by atoms with Crippen molar-refractivity contribution < 1.29 is 27.4 Å². The SMILES string of the molecule is COc1ccc(C(C)C)c(-n2c(C)cs/c2=N\C(=O)NC2CCC(c3ccc(-c4ncn(-c5ccc(OC(F)(F)F)cc5)n4)cc3)C2)c1. The number of benzene rings is 3. The quantitative estimate of drug-likeness (QED) is 0.179. The number of aryl methyl sites for hydroxylation is 1. The average molecular weight is 677 g/mol. The molecule has 6 rings (SSSR count). The van der Waals surface area contributed by atoms with Crippen LogP contribution >= 0.6 is 11.3 Å². The number of thiazole rings is 1. The molecule has 2 atom stereocenters. The molecule has 9 nitrogen and oxygen atoms in total. The lowest BCUT2D eigenvalue weighted by molar-refractivity contribution is -0.274. The van der Waals surface area contributed by atoms with E-state index < -0.39 is 6.36 Å². The van der Waals surface area contributed by atoms with Gasteiger partial charge in [0.2, 0.25) is 0 Å². The zero-order valence-electron chi connectivity index (χ0n) is 26.9. The fraction of sp³-hybridized carbons (Fsp3) is 0.314. The third kappa shape index (κ3) is 7.46. The summed E-state index contributed by atoms with van der Waals surface area (Å²) in [5, 5.41) is 9.61. The number of amides is 2. The molecule has 2 amide bonds. The van der Waals surface area contributed by atoms with Gasteiger partial charge in [-0.3, -0.25) is 4.57 Å². The van der Waals surface area contributed by atoms with Crippen molar-refractivity contribution in [1.82, 2.24) is 24.6 Å². The third-order valence-electron chi connectivity index (χ3n) is 8.40. The highest BCUT2D eigenvalue weighted by Crippen LogP contribution is 2.35. The molecule has 2 unspecified atom stereocenters. The molecule has 1 fully saturated rings. The molecule has 0 spiro atoms. The number of nitrogens with zero attached hydrogens (tertiary/aromatic N) is 5. The van der Waals surface area contributed by atoms with E-state index in [0.717, 1.165) is 53.1 Å². The molecule has 0 aliphatic heterocycles. The highest BCUT2D eigenvalue weighted by molar-refractivity contribution is 7.07. The van der Waals surface area contributed by atoms with Crippen LogP contribution in [0.4, 0.5) is 18.0 Å². The molecule has 5 aromatic rings. The van der Waals surface area contributed by atoms with Crippen molar-refractivity contribution in [2.45, 2.75) is 64.3 Å². The lowest BCUT2D eigenvalue weighted by atomic mass is 9.96. The van der Waals surface area contributed by atoms with Gasteiger partial charge in [0, 0.05) is 28.7 Å². The summed E-state index contributed by atoms with van der Waals surface area (Å²) in [6.45, 7) is 6.28. The van der Waals surface area contributed by atoms with Crippen LogP contribution in [-0.4, -0.2) is 44.9 Å². The summed E-state index contributed by atoms with van der Waals surface area (Å²) in [4.78, 5) is 22.6. The largest absolute Gasteiger partial charge is 0.573 e. The second-order valence-corrected chi connectivity index (χ2v) is 12.9. The fourth-order valence-corrected chi connectivity index (χ4v) is 6.89. The Balaban J connectivity index is 1.10. The Bertz CT molecular complexity index is 1960. The van der Waals surface area contributed by atoms with Gasteiger partial charge in [0.15, 0.2) is 10.6 Å². The molecule has 1 aliphatic rings. The molecule has 2 heterocycles. The standard InChI is InChI=1S/C35H35F3N6O3S/c1-21(2)30-16-15-29(46-4)18-31(30)44-22(3)19-48-34(44)41-33(45)40-26-10-9-25(17-26)23-5-7-24(8-6-23)32-39-20-43(42-32)27-11-13-28(14-12-27)47-35(36,37)38/h5-8,11-16,18-21,25-26H,9-10,17H2,1-4H3,(H,40,45)/b41-34-. The number of halogens is 3. The molecule has 48 heavy (non-hydrogen) atoms. The van der Waals surface area contributed by atoms with Gasteiger partial charge in [0.05, 0.1) is 18.5 Å². The minimum Gasteiger partial charge on any atom is -0.497 e. The number of nitrogens with one attached hydrogen (secondary N) is 1. The number of ether oxygens (including phenoxy) is 2. The van der Waals surface area contributed by atoms with Gasteiger partial charge in [-0.05, 0) is 79.5 Å². The van der Waals surface area contributed by atoms with Crippen LogP contribution in [-0.2, 0) is 0 Å². The van der Waals surface area contributed by atoms with E-state index in [4.69, 9.17) is 4.74 Å². The van der Waals surface area contributed by atoms with Gasteiger partial charge >= 0.3 is 12.4 Å². The van der Waals surface area contributed by atoms with Crippen molar-refractivity contribution in [3.63, 3.8) is 0 Å². The van der Waals surface area contributed by atoms with Crippen LogP contribution in [0, 0.1) is 6.92 Å². The lowest BCUT2D eigenvalue weighted by Gasteiger charge is -2.16. The average Bonchev–Trinajstić information content (AvgIpc) is 3.81. The van der Waals surface area contributed by atoms with Crippen LogP contribution in [0.5, 0.6) is 11.5 Å².